The summed E-state index contributed by atoms with van der Waals surface area (Å²) in [7, 11) is 1.40. The van der Waals surface area contributed by atoms with Crippen molar-refractivity contribution in [2.75, 3.05) is 13.7 Å². The van der Waals surface area contributed by atoms with Gasteiger partial charge in [-0.2, -0.15) is 0 Å². The third-order valence-electron chi connectivity index (χ3n) is 2.02. The monoisotopic (exact) mass is 194 g/mol. The van der Waals surface area contributed by atoms with E-state index in [0.29, 0.717) is 0 Å². The Morgan fingerprint density at radius 2 is 1.69 bits per heavy atom. The number of aliphatic hydroxyl groups excluding tert-OH is 4. The van der Waals surface area contributed by atoms with Crippen molar-refractivity contribution in [1.29, 1.82) is 0 Å². The summed E-state index contributed by atoms with van der Waals surface area (Å²) in [5, 5.41) is 36.7. The Bertz CT molecular complexity index is 163. The van der Waals surface area contributed by atoms with Crippen molar-refractivity contribution in [1.82, 2.24) is 0 Å². The zero-order valence-electron chi connectivity index (χ0n) is 7.20. The van der Waals surface area contributed by atoms with Gasteiger partial charge in [0.15, 0.2) is 6.29 Å². The highest BCUT2D eigenvalue weighted by atomic mass is 16.6. The van der Waals surface area contributed by atoms with E-state index < -0.39 is 30.7 Å². The summed E-state index contributed by atoms with van der Waals surface area (Å²) in [6.07, 6.45) is -6.46. The third-order valence-corrected chi connectivity index (χ3v) is 2.02. The van der Waals surface area contributed by atoms with Crippen LogP contribution in [-0.4, -0.2) is 64.8 Å². The molecule has 0 aromatic heterocycles. The lowest BCUT2D eigenvalue weighted by atomic mass is 9.99. The molecule has 0 bridgehead atoms. The summed E-state index contributed by atoms with van der Waals surface area (Å²) in [6.45, 7) is 0.0437. The lowest BCUT2D eigenvalue weighted by Gasteiger charge is -2.37. The Balaban J connectivity index is 2.59. The molecule has 1 rings (SSSR count). The molecule has 0 aromatic carbocycles. The van der Waals surface area contributed by atoms with E-state index in [0.717, 1.165) is 0 Å². The number of aliphatic hydroxyl groups is 4. The van der Waals surface area contributed by atoms with Gasteiger partial charge in [-0.05, 0) is 0 Å². The molecule has 1 saturated heterocycles. The summed E-state index contributed by atoms with van der Waals surface area (Å²) in [6, 6.07) is 0. The highest BCUT2D eigenvalue weighted by Gasteiger charge is 2.42. The molecule has 4 N–H and O–H groups in total. The van der Waals surface area contributed by atoms with Gasteiger partial charge in [0.2, 0.25) is 0 Å². The average Bonchev–Trinajstić information content (AvgIpc) is 2.11. The molecular weight excluding hydrogens is 180 g/mol. The van der Waals surface area contributed by atoms with Crippen LogP contribution >= 0.6 is 0 Å². The first-order valence-electron chi connectivity index (χ1n) is 3.94. The maximum Gasteiger partial charge on any atom is 0.184 e. The van der Waals surface area contributed by atoms with Crippen LogP contribution in [-0.2, 0) is 9.47 Å². The normalized spacial score (nSPS) is 46.4. The van der Waals surface area contributed by atoms with Gasteiger partial charge in [0.1, 0.15) is 24.4 Å². The summed E-state index contributed by atoms with van der Waals surface area (Å²) in [4.78, 5) is 0. The number of ether oxygens (including phenoxy) is 2. The minimum absolute atomic E-state index is 0.0437. The Morgan fingerprint density at radius 1 is 1.08 bits per heavy atom. The highest BCUT2D eigenvalue weighted by Crippen LogP contribution is 2.19. The fourth-order valence-electron chi connectivity index (χ4n) is 1.23. The Kier molecular flexibility index (Phi) is 3.60. The summed E-state index contributed by atoms with van der Waals surface area (Å²) >= 11 is 0. The van der Waals surface area contributed by atoms with Crippen LogP contribution < -0.4 is 0 Å². The summed E-state index contributed by atoms with van der Waals surface area (Å²) in [5.41, 5.74) is 0. The maximum absolute atomic E-state index is 9.33. The molecule has 0 aliphatic carbocycles. The molecule has 1 heterocycles. The molecule has 13 heavy (non-hydrogen) atoms. The van der Waals surface area contributed by atoms with Gasteiger partial charge in [-0.15, -0.1) is 0 Å². The van der Waals surface area contributed by atoms with Crippen molar-refractivity contribution in [3.05, 3.63) is 0 Å². The van der Waals surface area contributed by atoms with Gasteiger partial charge in [-0.25, -0.2) is 0 Å². The zero-order valence-corrected chi connectivity index (χ0v) is 7.20. The molecule has 0 saturated carbocycles. The lowest BCUT2D eigenvalue weighted by Crippen LogP contribution is -2.58. The largest absolute Gasteiger partial charge is 0.387 e. The fourth-order valence-corrected chi connectivity index (χ4v) is 1.23. The Morgan fingerprint density at radius 3 is 2.23 bits per heavy atom. The molecule has 78 valence electrons. The van der Waals surface area contributed by atoms with Crippen molar-refractivity contribution < 1.29 is 29.9 Å². The topological polar surface area (TPSA) is 99.4 Å². The van der Waals surface area contributed by atoms with Gasteiger partial charge in [0.05, 0.1) is 6.61 Å². The minimum Gasteiger partial charge on any atom is -0.387 e. The van der Waals surface area contributed by atoms with E-state index in [1.165, 1.54) is 7.11 Å². The predicted molar refractivity (Wildman–Crippen MR) is 40.8 cm³/mol. The lowest BCUT2D eigenvalue weighted by molar-refractivity contribution is -0.287. The van der Waals surface area contributed by atoms with E-state index in [9.17, 15) is 10.2 Å². The molecule has 0 aromatic rings. The second kappa shape index (κ2) is 4.32. The zero-order chi connectivity index (χ0) is 10.0. The molecule has 0 amide bonds. The number of hydrogen-bond donors (Lipinski definition) is 4. The van der Waals surface area contributed by atoms with E-state index in [-0.39, 0.29) is 6.61 Å². The molecular formula is C7H14O6. The van der Waals surface area contributed by atoms with Crippen LogP contribution in [0.1, 0.15) is 0 Å². The van der Waals surface area contributed by atoms with E-state index in [2.05, 4.69) is 0 Å². The van der Waals surface area contributed by atoms with Crippen molar-refractivity contribution in [3.63, 3.8) is 0 Å². The van der Waals surface area contributed by atoms with Gasteiger partial charge in [0, 0.05) is 7.11 Å². The van der Waals surface area contributed by atoms with Crippen LogP contribution in [0, 0.1) is 0 Å². The van der Waals surface area contributed by atoms with Crippen molar-refractivity contribution in [2.24, 2.45) is 0 Å². The SMILES string of the molecule is COCC1O[C@H](O)[C@H](O)C(O)[C@@H]1O. The highest BCUT2D eigenvalue weighted by molar-refractivity contribution is 4.88. The third kappa shape index (κ3) is 2.16. The number of hydrogen-bond acceptors (Lipinski definition) is 6. The van der Waals surface area contributed by atoms with Gasteiger partial charge in [-0.1, -0.05) is 0 Å². The smallest absolute Gasteiger partial charge is 0.184 e. The van der Waals surface area contributed by atoms with E-state index in [1.807, 2.05) is 0 Å². The van der Waals surface area contributed by atoms with Crippen LogP contribution in [0.25, 0.3) is 0 Å². The predicted octanol–water partition coefficient (Wildman–Crippen LogP) is -2.57. The molecule has 5 atom stereocenters. The van der Waals surface area contributed by atoms with Crippen molar-refractivity contribution in [2.45, 2.75) is 30.7 Å². The quantitative estimate of drug-likeness (QED) is 0.386. The second-order valence-corrected chi connectivity index (χ2v) is 2.99. The molecule has 1 aliphatic rings. The molecule has 2 unspecified atom stereocenters. The molecule has 6 nitrogen and oxygen atoms in total. The van der Waals surface area contributed by atoms with E-state index >= 15 is 0 Å². The van der Waals surface area contributed by atoms with Gasteiger partial charge < -0.3 is 29.9 Å². The summed E-state index contributed by atoms with van der Waals surface area (Å²) in [5.74, 6) is 0. The second-order valence-electron chi connectivity index (χ2n) is 2.99. The Hall–Kier alpha value is -0.240. The van der Waals surface area contributed by atoms with Crippen LogP contribution in [0.4, 0.5) is 0 Å². The fraction of sp³-hybridized carbons (Fsp3) is 1.00. The maximum atomic E-state index is 9.33. The van der Waals surface area contributed by atoms with Gasteiger partial charge >= 0.3 is 0 Å². The minimum atomic E-state index is -1.49. The summed E-state index contributed by atoms with van der Waals surface area (Å²) < 4.78 is 9.49. The van der Waals surface area contributed by atoms with Crippen LogP contribution in [0.15, 0.2) is 0 Å². The van der Waals surface area contributed by atoms with E-state index in [4.69, 9.17) is 19.7 Å². The first-order valence-corrected chi connectivity index (χ1v) is 3.94. The molecule has 6 heteroatoms. The standard InChI is InChI=1S/C7H14O6/c1-12-2-3-4(8)5(9)6(10)7(11)13-3/h3-11H,2H2,1H3/t3?,4-,5?,6-,7+/m1/s1. The van der Waals surface area contributed by atoms with Gasteiger partial charge in [0.25, 0.3) is 0 Å². The number of rotatable bonds is 2. The average molecular weight is 194 g/mol. The van der Waals surface area contributed by atoms with Crippen LogP contribution in [0.3, 0.4) is 0 Å². The molecule has 1 aliphatic heterocycles. The Labute approximate surface area is 75.3 Å². The van der Waals surface area contributed by atoms with Crippen LogP contribution in [0.2, 0.25) is 0 Å². The van der Waals surface area contributed by atoms with Gasteiger partial charge in [-0.3, -0.25) is 0 Å². The van der Waals surface area contributed by atoms with E-state index in [1.54, 1.807) is 0 Å². The molecule has 0 radical (unpaired) electrons. The first-order chi connectivity index (χ1) is 6.07. The van der Waals surface area contributed by atoms with Crippen LogP contribution in [0.5, 0.6) is 0 Å². The molecule has 0 spiro atoms. The van der Waals surface area contributed by atoms with Crippen molar-refractivity contribution >= 4 is 0 Å². The van der Waals surface area contributed by atoms with Crippen molar-refractivity contribution in [3.8, 4) is 0 Å². The number of methoxy groups -OCH3 is 1. The molecule has 1 fully saturated rings. The first kappa shape index (κ1) is 10.8.